The zero-order valence-electron chi connectivity index (χ0n) is 13.2. The van der Waals surface area contributed by atoms with Gasteiger partial charge in [0.25, 0.3) is 0 Å². The minimum absolute atomic E-state index is 0.0452. The summed E-state index contributed by atoms with van der Waals surface area (Å²) in [7, 11) is 0. The number of aromatic nitrogens is 3. The molecule has 0 bridgehead atoms. The summed E-state index contributed by atoms with van der Waals surface area (Å²) in [6.45, 7) is 5.40. The van der Waals surface area contributed by atoms with Crippen molar-refractivity contribution in [3.63, 3.8) is 0 Å². The fourth-order valence-corrected chi connectivity index (χ4v) is 3.04. The molecule has 0 unspecified atom stereocenters. The number of aliphatic hydroxyl groups excluding tert-OH is 1. The number of aliphatic hydroxyl groups is 1. The standard InChI is InChI=1S/C15H18N4O3S/c1-4-19-14(12-6-5-7-22-12)17-18-15(19)23-8-11(21)13(9(2)16)10(3)20/h5-7,16,21H,4,8H2,1-3H3. The Morgan fingerprint density at radius 2 is 2.17 bits per heavy atom. The van der Waals surface area contributed by atoms with Crippen molar-refractivity contribution >= 4 is 23.3 Å². The predicted octanol–water partition coefficient (Wildman–Crippen LogP) is 3.09. The van der Waals surface area contributed by atoms with Gasteiger partial charge in [-0.15, -0.1) is 10.2 Å². The van der Waals surface area contributed by atoms with E-state index in [0.717, 1.165) is 0 Å². The monoisotopic (exact) mass is 334 g/mol. The fraction of sp³-hybridized carbons (Fsp3) is 0.333. The molecule has 0 aliphatic heterocycles. The number of allylic oxidation sites excluding steroid dienone is 1. The second kappa shape index (κ2) is 7.28. The van der Waals surface area contributed by atoms with E-state index in [-0.39, 0.29) is 28.6 Å². The minimum atomic E-state index is -0.330. The summed E-state index contributed by atoms with van der Waals surface area (Å²) in [5.41, 5.74) is 0.0927. The van der Waals surface area contributed by atoms with Crippen molar-refractivity contribution in [1.29, 1.82) is 5.41 Å². The molecule has 0 amide bonds. The van der Waals surface area contributed by atoms with Gasteiger partial charge >= 0.3 is 0 Å². The summed E-state index contributed by atoms with van der Waals surface area (Å²) in [4.78, 5) is 11.5. The first-order chi connectivity index (χ1) is 11.0. The Hall–Kier alpha value is -2.35. The molecule has 0 radical (unpaired) electrons. The first-order valence-corrected chi connectivity index (χ1v) is 8.02. The van der Waals surface area contributed by atoms with Crippen molar-refractivity contribution in [3.05, 3.63) is 29.7 Å². The Morgan fingerprint density at radius 3 is 2.70 bits per heavy atom. The number of carbonyl (C=O) groups is 1. The largest absolute Gasteiger partial charge is 0.511 e. The van der Waals surface area contributed by atoms with Crippen LogP contribution in [-0.2, 0) is 11.3 Å². The van der Waals surface area contributed by atoms with Gasteiger partial charge in [-0.05, 0) is 32.9 Å². The van der Waals surface area contributed by atoms with Gasteiger partial charge in [-0.1, -0.05) is 11.8 Å². The van der Waals surface area contributed by atoms with Gasteiger partial charge in [0, 0.05) is 12.3 Å². The van der Waals surface area contributed by atoms with E-state index in [4.69, 9.17) is 9.83 Å². The highest BCUT2D eigenvalue weighted by molar-refractivity contribution is 7.99. The lowest BCUT2D eigenvalue weighted by molar-refractivity contribution is -0.113. The number of thioether (sulfide) groups is 1. The maximum atomic E-state index is 11.5. The number of rotatable bonds is 7. The van der Waals surface area contributed by atoms with Gasteiger partial charge in [0.15, 0.2) is 22.5 Å². The molecule has 2 N–H and O–H groups in total. The molecule has 0 aliphatic carbocycles. The van der Waals surface area contributed by atoms with Gasteiger partial charge in [-0.25, -0.2) is 0 Å². The van der Waals surface area contributed by atoms with Crippen LogP contribution >= 0.6 is 11.8 Å². The first kappa shape index (κ1) is 17.0. The molecule has 0 atom stereocenters. The lowest BCUT2D eigenvalue weighted by Gasteiger charge is -2.08. The van der Waals surface area contributed by atoms with E-state index in [0.29, 0.717) is 23.3 Å². The molecule has 122 valence electrons. The number of Topliss-reactive ketones (excluding diaryl/α,β-unsaturated/α-hetero) is 1. The highest BCUT2D eigenvalue weighted by atomic mass is 32.2. The van der Waals surface area contributed by atoms with E-state index in [1.54, 1.807) is 18.4 Å². The molecule has 7 nitrogen and oxygen atoms in total. The molecule has 0 spiro atoms. The molecule has 0 aliphatic rings. The fourth-order valence-electron chi connectivity index (χ4n) is 2.16. The van der Waals surface area contributed by atoms with Gasteiger partial charge in [-0.2, -0.15) is 0 Å². The highest BCUT2D eigenvalue weighted by Gasteiger charge is 2.18. The number of hydrogen-bond donors (Lipinski definition) is 2. The topological polar surface area (TPSA) is 105 Å². The number of hydrogen-bond acceptors (Lipinski definition) is 7. The van der Waals surface area contributed by atoms with Crippen molar-refractivity contribution in [2.24, 2.45) is 0 Å². The summed E-state index contributed by atoms with van der Waals surface area (Å²) in [5, 5.41) is 26.5. The molecule has 2 aromatic heterocycles. The van der Waals surface area contributed by atoms with Crippen LogP contribution < -0.4 is 0 Å². The van der Waals surface area contributed by atoms with E-state index in [2.05, 4.69) is 10.2 Å². The Kier molecular flexibility index (Phi) is 5.38. The molecule has 2 heterocycles. The highest BCUT2D eigenvalue weighted by Crippen LogP contribution is 2.25. The Labute approximate surface area is 137 Å². The van der Waals surface area contributed by atoms with Crippen LogP contribution in [0.1, 0.15) is 20.8 Å². The van der Waals surface area contributed by atoms with Crippen molar-refractivity contribution in [2.45, 2.75) is 32.5 Å². The third kappa shape index (κ3) is 3.70. The Bertz CT molecular complexity index is 731. The molecule has 0 saturated carbocycles. The number of furan rings is 1. The average molecular weight is 334 g/mol. The van der Waals surface area contributed by atoms with Crippen LogP contribution in [0.15, 0.2) is 39.3 Å². The second-order valence-corrected chi connectivity index (χ2v) is 5.76. The van der Waals surface area contributed by atoms with Crippen LogP contribution in [0.25, 0.3) is 11.6 Å². The molecule has 2 aromatic rings. The summed E-state index contributed by atoms with van der Waals surface area (Å²) < 4.78 is 7.20. The lowest BCUT2D eigenvalue weighted by Crippen LogP contribution is -2.11. The second-order valence-electron chi connectivity index (χ2n) is 4.82. The molecule has 0 fully saturated rings. The lowest BCUT2D eigenvalue weighted by atomic mass is 10.1. The van der Waals surface area contributed by atoms with Gasteiger partial charge in [0.2, 0.25) is 0 Å². The van der Waals surface area contributed by atoms with Crippen LogP contribution in [-0.4, -0.2) is 37.1 Å². The number of ketones is 1. The summed E-state index contributed by atoms with van der Waals surface area (Å²) in [6.07, 6.45) is 1.57. The van der Waals surface area contributed by atoms with Crippen LogP contribution in [0.5, 0.6) is 0 Å². The smallest absolute Gasteiger partial charge is 0.200 e. The normalized spacial score (nSPS) is 12.1. The number of nitrogens with zero attached hydrogens (tertiary/aromatic N) is 3. The number of carbonyl (C=O) groups excluding carboxylic acids is 1. The van der Waals surface area contributed by atoms with Crippen molar-refractivity contribution in [2.75, 3.05) is 5.75 Å². The van der Waals surface area contributed by atoms with Gasteiger partial charge in [0.05, 0.1) is 17.6 Å². The maximum absolute atomic E-state index is 11.5. The average Bonchev–Trinajstić information content (AvgIpc) is 3.12. The van der Waals surface area contributed by atoms with Crippen molar-refractivity contribution in [3.8, 4) is 11.6 Å². The third-order valence-corrected chi connectivity index (χ3v) is 4.11. The molecular formula is C15H18N4O3S. The molecule has 0 saturated heterocycles. The van der Waals surface area contributed by atoms with Crippen LogP contribution in [0.4, 0.5) is 0 Å². The maximum Gasteiger partial charge on any atom is 0.200 e. The first-order valence-electron chi connectivity index (χ1n) is 7.04. The molecule has 0 aromatic carbocycles. The molecule has 2 rings (SSSR count). The zero-order valence-corrected chi connectivity index (χ0v) is 14.0. The minimum Gasteiger partial charge on any atom is -0.511 e. The van der Waals surface area contributed by atoms with Gasteiger partial charge in [-0.3, -0.25) is 9.36 Å². The SMILES string of the molecule is CCn1c(SCC(O)=C(C(C)=N)C(C)=O)nnc1-c1ccco1. The summed E-state index contributed by atoms with van der Waals surface area (Å²) in [6, 6.07) is 3.58. The van der Waals surface area contributed by atoms with E-state index in [1.165, 1.54) is 25.6 Å². The zero-order chi connectivity index (χ0) is 17.0. The van der Waals surface area contributed by atoms with Gasteiger partial charge < -0.3 is 14.9 Å². The van der Waals surface area contributed by atoms with E-state index < -0.39 is 0 Å². The van der Waals surface area contributed by atoms with Crippen LogP contribution in [0.3, 0.4) is 0 Å². The third-order valence-electron chi connectivity index (χ3n) is 3.13. The van der Waals surface area contributed by atoms with Crippen LogP contribution in [0.2, 0.25) is 0 Å². The predicted molar refractivity (Wildman–Crippen MR) is 87.9 cm³/mol. The molecular weight excluding hydrogens is 316 g/mol. The quantitative estimate of drug-likeness (QED) is 0.349. The van der Waals surface area contributed by atoms with E-state index >= 15 is 0 Å². The van der Waals surface area contributed by atoms with Gasteiger partial charge in [0.1, 0.15) is 5.76 Å². The molecule has 23 heavy (non-hydrogen) atoms. The van der Waals surface area contributed by atoms with Crippen LogP contribution in [0, 0.1) is 5.41 Å². The van der Waals surface area contributed by atoms with Crippen molar-refractivity contribution in [1.82, 2.24) is 14.8 Å². The number of nitrogens with one attached hydrogen (secondary N) is 1. The Balaban J connectivity index is 2.23. The Morgan fingerprint density at radius 1 is 1.43 bits per heavy atom. The molecule has 8 heteroatoms. The van der Waals surface area contributed by atoms with E-state index in [9.17, 15) is 9.90 Å². The summed E-state index contributed by atoms with van der Waals surface area (Å²) in [5.74, 6) is 0.912. The van der Waals surface area contributed by atoms with Crippen molar-refractivity contribution < 1.29 is 14.3 Å². The van der Waals surface area contributed by atoms with E-state index in [1.807, 2.05) is 11.5 Å². The summed E-state index contributed by atoms with van der Waals surface area (Å²) >= 11 is 1.25.